The second-order valence-electron chi connectivity index (χ2n) is 6.07. The zero-order valence-electron chi connectivity index (χ0n) is 12.5. The number of nitrogens with zero attached hydrogens (tertiary/aromatic N) is 1. The Balaban J connectivity index is 1.73. The Labute approximate surface area is 133 Å². The number of hydrogen-bond donors (Lipinski definition) is 2. The Bertz CT molecular complexity index is 683. The lowest BCUT2D eigenvalue weighted by atomic mass is 9.86. The van der Waals surface area contributed by atoms with Crippen molar-refractivity contribution >= 4 is 17.3 Å². The van der Waals surface area contributed by atoms with Crippen LogP contribution in [0.25, 0.3) is 0 Å². The van der Waals surface area contributed by atoms with E-state index in [-0.39, 0.29) is 5.41 Å². The number of carboxylic acids is 1. The summed E-state index contributed by atoms with van der Waals surface area (Å²) in [6.45, 7) is 5.43. The number of aromatic nitrogens is 1. The SMILES string of the molecule is CC1(C)COc2cc(CNC(C(=O)O)c3cscn3)ccc21. The summed E-state index contributed by atoms with van der Waals surface area (Å²) < 4.78 is 5.73. The third-order valence-corrected chi connectivity index (χ3v) is 4.47. The molecule has 6 heteroatoms. The summed E-state index contributed by atoms with van der Waals surface area (Å²) in [4.78, 5) is 15.4. The summed E-state index contributed by atoms with van der Waals surface area (Å²) >= 11 is 1.39. The number of carbonyl (C=O) groups is 1. The highest BCUT2D eigenvalue weighted by Crippen LogP contribution is 2.38. The van der Waals surface area contributed by atoms with Crippen molar-refractivity contribution in [3.05, 3.63) is 45.9 Å². The van der Waals surface area contributed by atoms with E-state index >= 15 is 0 Å². The molecule has 1 aliphatic heterocycles. The van der Waals surface area contributed by atoms with E-state index < -0.39 is 12.0 Å². The molecule has 2 aromatic rings. The summed E-state index contributed by atoms with van der Waals surface area (Å²) in [7, 11) is 0. The minimum atomic E-state index is -0.926. The summed E-state index contributed by atoms with van der Waals surface area (Å²) in [5.41, 5.74) is 4.41. The van der Waals surface area contributed by atoms with Crippen LogP contribution in [0.3, 0.4) is 0 Å². The molecule has 0 fully saturated rings. The van der Waals surface area contributed by atoms with Gasteiger partial charge in [-0.25, -0.2) is 4.98 Å². The van der Waals surface area contributed by atoms with E-state index in [1.54, 1.807) is 10.9 Å². The molecule has 1 aromatic heterocycles. The van der Waals surface area contributed by atoms with Crippen molar-refractivity contribution in [2.24, 2.45) is 0 Å². The molecule has 22 heavy (non-hydrogen) atoms. The van der Waals surface area contributed by atoms with Crippen LogP contribution in [0.5, 0.6) is 5.75 Å². The van der Waals surface area contributed by atoms with Gasteiger partial charge in [-0.15, -0.1) is 11.3 Å². The van der Waals surface area contributed by atoms with Gasteiger partial charge in [0.05, 0.1) is 17.8 Å². The number of carboxylic acid groups (broad SMARTS) is 1. The van der Waals surface area contributed by atoms with E-state index in [1.807, 2.05) is 12.1 Å². The zero-order chi connectivity index (χ0) is 15.7. The number of hydrogen-bond acceptors (Lipinski definition) is 5. The summed E-state index contributed by atoms with van der Waals surface area (Å²) in [6.07, 6.45) is 0. The fourth-order valence-corrected chi connectivity index (χ4v) is 3.17. The maximum Gasteiger partial charge on any atom is 0.327 e. The van der Waals surface area contributed by atoms with Crippen molar-refractivity contribution in [3.63, 3.8) is 0 Å². The van der Waals surface area contributed by atoms with Crippen LogP contribution in [-0.4, -0.2) is 22.7 Å². The molecule has 1 unspecified atom stereocenters. The molecule has 0 aliphatic carbocycles. The molecule has 0 saturated carbocycles. The van der Waals surface area contributed by atoms with E-state index in [0.29, 0.717) is 18.8 Å². The van der Waals surface area contributed by atoms with Crippen LogP contribution in [0.1, 0.15) is 36.7 Å². The first-order chi connectivity index (χ1) is 10.5. The van der Waals surface area contributed by atoms with E-state index in [0.717, 1.165) is 11.3 Å². The van der Waals surface area contributed by atoms with Crippen molar-refractivity contribution in [2.75, 3.05) is 6.61 Å². The predicted octanol–water partition coefficient (Wildman–Crippen LogP) is 2.73. The molecule has 116 valence electrons. The number of rotatable bonds is 5. The Morgan fingerprint density at radius 3 is 3.05 bits per heavy atom. The maximum atomic E-state index is 11.4. The third kappa shape index (κ3) is 2.84. The highest BCUT2D eigenvalue weighted by atomic mass is 32.1. The van der Waals surface area contributed by atoms with Gasteiger partial charge in [-0.1, -0.05) is 26.0 Å². The van der Waals surface area contributed by atoms with Gasteiger partial charge in [0.2, 0.25) is 0 Å². The minimum Gasteiger partial charge on any atom is -0.492 e. The second-order valence-corrected chi connectivity index (χ2v) is 6.79. The van der Waals surface area contributed by atoms with Crippen LogP contribution >= 0.6 is 11.3 Å². The summed E-state index contributed by atoms with van der Waals surface area (Å²) in [5.74, 6) is -0.0331. The van der Waals surface area contributed by atoms with Crippen molar-refractivity contribution in [1.82, 2.24) is 10.3 Å². The van der Waals surface area contributed by atoms with Crippen LogP contribution in [0.4, 0.5) is 0 Å². The normalized spacial score (nSPS) is 16.8. The first-order valence-corrected chi connectivity index (χ1v) is 8.02. The lowest BCUT2D eigenvalue weighted by Crippen LogP contribution is -2.28. The topological polar surface area (TPSA) is 71.5 Å². The Morgan fingerprint density at radius 1 is 1.55 bits per heavy atom. The van der Waals surface area contributed by atoms with Crippen molar-refractivity contribution in [3.8, 4) is 5.75 Å². The smallest absolute Gasteiger partial charge is 0.327 e. The molecule has 2 heterocycles. The Kier molecular flexibility index (Phi) is 3.88. The molecule has 5 nitrogen and oxygen atoms in total. The summed E-state index contributed by atoms with van der Waals surface area (Å²) in [6, 6.07) is 5.27. The van der Waals surface area contributed by atoms with Crippen molar-refractivity contribution in [2.45, 2.75) is 31.8 Å². The molecule has 1 aliphatic rings. The molecule has 1 atom stereocenters. The first-order valence-electron chi connectivity index (χ1n) is 7.08. The van der Waals surface area contributed by atoms with Crippen LogP contribution in [-0.2, 0) is 16.8 Å². The van der Waals surface area contributed by atoms with Gasteiger partial charge >= 0.3 is 5.97 Å². The maximum absolute atomic E-state index is 11.4. The van der Waals surface area contributed by atoms with Crippen LogP contribution in [0.15, 0.2) is 29.1 Å². The number of aliphatic carboxylic acids is 1. The van der Waals surface area contributed by atoms with Crippen LogP contribution < -0.4 is 10.1 Å². The first kappa shape index (κ1) is 15.0. The number of benzene rings is 1. The predicted molar refractivity (Wildman–Crippen MR) is 84.3 cm³/mol. The molecule has 0 radical (unpaired) electrons. The molecule has 0 saturated heterocycles. The lowest BCUT2D eigenvalue weighted by Gasteiger charge is -2.15. The Hall–Kier alpha value is -1.92. The van der Waals surface area contributed by atoms with Crippen LogP contribution in [0, 0.1) is 0 Å². The molecule has 1 aromatic carbocycles. The number of nitrogens with one attached hydrogen (secondary N) is 1. The molecule has 3 rings (SSSR count). The minimum absolute atomic E-state index is 0.0332. The zero-order valence-corrected chi connectivity index (χ0v) is 13.3. The van der Waals surface area contributed by atoms with Gasteiger partial charge in [0, 0.05) is 22.9 Å². The monoisotopic (exact) mass is 318 g/mol. The molecule has 2 N–H and O–H groups in total. The highest BCUT2D eigenvalue weighted by molar-refractivity contribution is 7.07. The third-order valence-electron chi connectivity index (χ3n) is 3.87. The number of ether oxygens (including phenoxy) is 1. The molecular formula is C16H18N2O3S. The van der Waals surface area contributed by atoms with Gasteiger partial charge in [-0.05, 0) is 11.6 Å². The lowest BCUT2D eigenvalue weighted by molar-refractivity contribution is -0.139. The molecule has 0 amide bonds. The molecule has 0 spiro atoms. The van der Waals surface area contributed by atoms with Crippen LogP contribution in [0.2, 0.25) is 0 Å². The van der Waals surface area contributed by atoms with Crippen molar-refractivity contribution < 1.29 is 14.6 Å². The molecular weight excluding hydrogens is 300 g/mol. The standard InChI is InChI=1S/C16H18N2O3S/c1-16(2)8-21-13-5-10(3-4-11(13)16)6-17-14(15(19)20)12-7-22-9-18-12/h3-5,7,9,14,17H,6,8H2,1-2H3,(H,19,20). The van der Waals surface area contributed by atoms with E-state index in [1.165, 1.54) is 16.9 Å². The number of thiazole rings is 1. The highest BCUT2D eigenvalue weighted by Gasteiger charge is 2.31. The largest absolute Gasteiger partial charge is 0.492 e. The van der Waals surface area contributed by atoms with Crippen molar-refractivity contribution in [1.29, 1.82) is 0 Å². The van der Waals surface area contributed by atoms with Gasteiger partial charge in [-0.2, -0.15) is 0 Å². The van der Waals surface area contributed by atoms with Gasteiger partial charge in [-0.3, -0.25) is 10.1 Å². The van der Waals surface area contributed by atoms with Gasteiger partial charge in [0.25, 0.3) is 0 Å². The van der Waals surface area contributed by atoms with Gasteiger partial charge in [0.15, 0.2) is 0 Å². The van der Waals surface area contributed by atoms with E-state index in [2.05, 4.69) is 30.2 Å². The van der Waals surface area contributed by atoms with Gasteiger partial charge < -0.3 is 9.84 Å². The average molecular weight is 318 g/mol. The van der Waals surface area contributed by atoms with Gasteiger partial charge in [0.1, 0.15) is 11.8 Å². The quantitative estimate of drug-likeness (QED) is 0.887. The van der Waals surface area contributed by atoms with E-state index in [9.17, 15) is 9.90 Å². The fraction of sp³-hybridized carbons (Fsp3) is 0.375. The van der Waals surface area contributed by atoms with E-state index in [4.69, 9.17) is 4.74 Å². The second kappa shape index (κ2) is 5.70. The average Bonchev–Trinajstić information content (AvgIpc) is 3.08. The summed E-state index contributed by atoms with van der Waals surface area (Å²) in [5, 5.41) is 14.1. The number of fused-ring (bicyclic) bond motifs is 1. The fourth-order valence-electron chi connectivity index (χ4n) is 2.59. The molecule has 0 bridgehead atoms. The Morgan fingerprint density at radius 2 is 2.36 bits per heavy atom.